The molecule has 0 atom stereocenters. The van der Waals surface area contributed by atoms with Crippen LogP contribution in [0.3, 0.4) is 0 Å². The van der Waals surface area contributed by atoms with Gasteiger partial charge in [-0.3, -0.25) is 9.59 Å². The third-order valence-corrected chi connectivity index (χ3v) is 6.15. The van der Waals surface area contributed by atoms with Crippen molar-refractivity contribution >= 4 is 38.2 Å². The van der Waals surface area contributed by atoms with E-state index in [-0.39, 0.29) is 28.6 Å². The summed E-state index contributed by atoms with van der Waals surface area (Å²) in [5, 5.41) is 8.25. The fourth-order valence-corrected chi connectivity index (χ4v) is 4.08. The molecule has 0 radical (unpaired) electrons. The molecule has 1 aromatic carbocycles. The number of nitrogens with zero attached hydrogens (tertiary/aromatic N) is 1. The molecule has 8 nitrogen and oxygen atoms in total. The van der Waals surface area contributed by atoms with E-state index in [0.717, 1.165) is 11.3 Å². The van der Waals surface area contributed by atoms with Crippen LogP contribution in [0.4, 0.5) is 0 Å². The number of aromatic nitrogens is 2. The molecular formula is C16H16N4O4S2. The predicted molar refractivity (Wildman–Crippen MR) is 98.2 cm³/mol. The van der Waals surface area contributed by atoms with Crippen molar-refractivity contribution in [3.8, 4) is 0 Å². The van der Waals surface area contributed by atoms with E-state index in [4.69, 9.17) is 5.14 Å². The molecule has 10 heteroatoms. The summed E-state index contributed by atoms with van der Waals surface area (Å²) in [5.41, 5.74) is 0.348. The van der Waals surface area contributed by atoms with Gasteiger partial charge in [-0.15, -0.1) is 11.3 Å². The molecule has 1 amide bonds. The van der Waals surface area contributed by atoms with Crippen molar-refractivity contribution in [3.05, 3.63) is 57.5 Å². The van der Waals surface area contributed by atoms with Crippen molar-refractivity contribution in [2.75, 3.05) is 0 Å². The van der Waals surface area contributed by atoms with E-state index in [1.165, 1.54) is 6.07 Å². The lowest BCUT2D eigenvalue weighted by Gasteiger charge is -2.04. The second-order valence-electron chi connectivity index (χ2n) is 5.57. The third kappa shape index (κ3) is 4.34. The Hall–Kier alpha value is -2.56. The summed E-state index contributed by atoms with van der Waals surface area (Å²) in [5.74, 6) is 0.211. The van der Waals surface area contributed by atoms with E-state index in [1.807, 2.05) is 0 Å². The van der Waals surface area contributed by atoms with Gasteiger partial charge in [-0.2, -0.15) is 0 Å². The van der Waals surface area contributed by atoms with Gasteiger partial charge in [-0.1, -0.05) is 12.1 Å². The number of para-hydroxylation sites is 1. The summed E-state index contributed by atoms with van der Waals surface area (Å²) in [6.45, 7) is 0.209. The van der Waals surface area contributed by atoms with E-state index in [1.54, 1.807) is 30.3 Å². The molecule has 0 fully saturated rings. The number of carbonyl (C=O) groups is 1. The van der Waals surface area contributed by atoms with Gasteiger partial charge < -0.3 is 10.3 Å². The maximum atomic E-state index is 12.0. The number of nitrogens with one attached hydrogen (secondary N) is 2. The Bertz CT molecular complexity index is 1120. The van der Waals surface area contributed by atoms with Crippen molar-refractivity contribution in [3.63, 3.8) is 0 Å². The Morgan fingerprint density at radius 2 is 2.00 bits per heavy atom. The molecule has 0 aliphatic rings. The molecule has 0 bridgehead atoms. The Balaban J connectivity index is 1.57. The summed E-state index contributed by atoms with van der Waals surface area (Å²) in [7, 11) is -3.73. The van der Waals surface area contributed by atoms with Crippen LogP contribution in [0.25, 0.3) is 10.9 Å². The Labute approximate surface area is 153 Å². The molecule has 3 rings (SSSR count). The largest absolute Gasteiger partial charge is 0.351 e. The van der Waals surface area contributed by atoms with E-state index >= 15 is 0 Å². The van der Waals surface area contributed by atoms with Crippen molar-refractivity contribution in [1.82, 2.24) is 15.3 Å². The molecule has 0 aliphatic carbocycles. The van der Waals surface area contributed by atoms with E-state index in [2.05, 4.69) is 15.3 Å². The van der Waals surface area contributed by atoms with Gasteiger partial charge in [0.15, 0.2) is 0 Å². The van der Waals surface area contributed by atoms with Crippen molar-refractivity contribution in [2.24, 2.45) is 5.14 Å². The minimum absolute atomic E-state index is 0.0553. The average molecular weight is 392 g/mol. The first-order valence-electron chi connectivity index (χ1n) is 7.69. The molecule has 4 N–H and O–H groups in total. The molecule has 0 saturated heterocycles. The maximum absolute atomic E-state index is 12.0. The highest BCUT2D eigenvalue weighted by Crippen LogP contribution is 2.20. The SMILES string of the molecule is NS(=O)(=O)c1ccc(CNC(=O)CCc2nc3ccccc3c(=O)[nH]2)s1. The van der Waals surface area contributed by atoms with Crippen LogP contribution in [-0.4, -0.2) is 24.3 Å². The van der Waals surface area contributed by atoms with Gasteiger partial charge in [-0.25, -0.2) is 18.5 Å². The van der Waals surface area contributed by atoms with Crippen molar-refractivity contribution in [1.29, 1.82) is 0 Å². The molecule has 3 aromatic rings. The van der Waals surface area contributed by atoms with Crippen LogP contribution >= 0.6 is 11.3 Å². The normalized spacial score (nSPS) is 11.6. The number of amides is 1. The Morgan fingerprint density at radius 1 is 1.23 bits per heavy atom. The molecule has 2 aromatic heterocycles. The third-order valence-electron chi connectivity index (χ3n) is 3.63. The van der Waals surface area contributed by atoms with Gasteiger partial charge >= 0.3 is 0 Å². The summed E-state index contributed by atoms with van der Waals surface area (Å²) in [4.78, 5) is 31.7. The minimum atomic E-state index is -3.73. The van der Waals surface area contributed by atoms with Crippen LogP contribution < -0.4 is 16.0 Å². The van der Waals surface area contributed by atoms with Crippen LogP contribution in [0.1, 0.15) is 17.1 Å². The zero-order valence-corrected chi connectivity index (χ0v) is 15.2. The number of carbonyl (C=O) groups excluding carboxylic acids is 1. The first-order chi connectivity index (χ1) is 12.3. The fourth-order valence-electron chi connectivity index (χ4n) is 2.37. The topological polar surface area (TPSA) is 135 Å². The van der Waals surface area contributed by atoms with Crippen LogP contribution in [0, 0.1) is 0 Å². The highest BCUT2D eigenvalue weighted by Gasteiger charge is 2.12. The zero-order valence-electron chi connectivity index (χ0n) is 13.6. The monoisotopic (exact) mass is 392 g/mol. The van der Waals surface area contributed by atoms with Gasteiger partial charge in [0.05, 0.1) is 17.4 Å². The molecule has 136 valence electrons. The highest BCUT2D eigenvalue weighted by atomic mass is 32.2. The number of thiophene rings is 1. The molecule has 0 spiro atoms. The number of nitrogens with two attached hydrogens (primary N) is 1. The van der Waals surface area contributed by atoms with Gasteiger partial charge in [-0.05, 0) is 24.3 Å². The standard InChI is InChI=1S/C16H16N4O4S2/c17-26(23,24)15-8-5-10(25-15)9-18-14(21)7-6-13-19-12-4-2-1-3-11(12)16(22)20-13/h1-5,8H,6-7,9H2,(H,18,21)(H2,17,23,24)(H,19,20,22). The van der Waals surface area contributed by atoms with E-state index in [0.29, 0.717) is 28.0 Å². The minimum Gasteiger partial charge on any atom is -0.351 e. The van der Waals surface area contributed by atoms with Gasteiger partial charge in [0.2, 0.25) is 15.9 Å². The van der Waals surface area contributed by atoms with Crippen LogP contribution in [0.5, 0.6) is 0 Å². The van der Waals surface area contributed by atoms with Gasteiger partial charge in [0.25, 0.3) is 5.56 Å². The first kappa shape index (κ1) is 18.2. The Kier molecular flexibility index (Phi) is 5.16. The molecule has 0 aliphatic heterocycles. The number of hydrogen-bond donors (Lipinski definition) is 3. The highest BCUT2D eigenvalue weighted by molar-refractivity contribution is 7.91. The number of aromatic amines is 1. The first-order valence-corrected chi connectivity index (χ1v) is 10.1. The second-order valence-corrected chi connectivity index (χ2v) is 8.53. The lowest BCUT2D eigenvalue weighted by atomic mass is 10.2. The lowest BCUT2D eigenvalue weighted by Crippen LogP contribution is -2.23. The molecular weight excluding hydrogens is 376 g/mol. The quantitative estimate of drug-likeness (QED) is 0.572. The summed E-state index contributed by atoms with van der Waals surface area (Å²) < 4.78 is 22.5. The number of fused-ring (bicyclic) bond motifs is 1. The molecule has 2 heterocycles. The fraction of sp³-hybridized carbons (Fsp3) is 0.188. The Morgan fingerprint density at radius 3 is 2.73 bits per heavy atom. The van der Waals surface area contributed by atoms with Gasteiger partial charge in [0.1, 0.15) is 10.0 Å². The number of hydrogen-bond acceptors (Lipinski definition) is 6. The number of H-pyrrole nitrogens is 1. The van der Waals surface area contributed by atoms with Crippen LogP contribution in [0.15, 0.2) is 45.4 Å². The van der Waals surface area contributed by atoms with Crippen molar-refractivity contribution < 1.29 is 13.2 Å². The average Bonchev–Trinajstić information content (AvgIpc) is 3.08. The number of rotatable bonds is 6. The molecule has 26 heavy (non-hydrogen) atoms. The zero-order chi connectivity index (χ0) is 18.7. The van der Waals surface area contributed by atoms with E-state index < -0.39 is 10.0 Å². The smallest absolute Gasteiger partial charge is 0.258 e. The second kappa shape index (κ2) is 7.36. The summed E-state index contributed by atoms with van der Waals surface area (Å²) in [6.07, 6.45) is 0.438. The molecule has 0 unspecified atom stereocenters. The maximum Gasteiger partial charge on any atom is 0.258 e. The van der Waals surface area contributed by atoms with Crippen LogP contribution in [-0.2, 0) is 27.8 Å². The molecule has 0 saturated carbocycles. The number of primary sulfonamides is 1. The lowest BCUT2D eigenvalue weighted by molar-refractivity contribution is -0.121. The van der Waals surface area contributed by atoms with Crippen molar-refractivity contribution in [2.45, 2.75) is 23.6 Å². The van der Waals surface area contributed by atoms with Crippen LogP contribution in [0.2, 0.25) is 0 Å². The number of benzene rings is 1. The van der Waals surface area contributed by atoms with Gasteiger partial charge in [0, 0.05) is 17.7 Å². The number of aryl methyl sites for hydroxylation is 1. The number of sulfonamides is 1. The summed E-state index contributed by atoms with van der Waals surface area (Å²) in [6, 6.07) is 10.0. The summed E-state index contributed by atoms with van der Waals surface area (Å²) >= 11 is 1.01. The predicted octanol–water partition coefficient (Wildman–Crippen LogP) is 0.881. The van der Waals surface area contributed by atoms with E-state index in [9.17, 15) is 18.0 Å².